The zero-order valence-electron chi connectivity index (χ0n) is 14.7. The highest BCUT2D eigenvalue weighted by Crippen LogP contribution is 2.28. The number of oxazole rings is 1. The van der Waals surface area contributed by atoms with Crippen LogP contribution in [0.15, 0.2) is 65.1 Å². The summed E-state index contributed by atoms with van der Waals surface area (Å²) >= 11 is 6.07. The second-order valence-corrected chi connectivity index (χ2v) is 6.42. The van der Waals surface area contributed by atoms with Gasteiger partial charge < -0.3 is 14.5 Å². The first kappa shape index (κ1) is 18.0. The summed E-state index contributed by atoms with van der Waals surface area (Å²) in [6.07, 6.45) is 0. The lowest BCUT2D eigenvalue weighted by Gasteiger charge is -2.07. The van der Waals surface area contributed by atoms with Crippen molar-refractivity contribution in [2.75, 3.05) is 12.4 Å². The number of hydrogen-bond acceptors (Lipinski definition) is 4. The van der Waals surface area contributed by atoms with Crippen molar-refractivity contribution in [1.82, 2.24) is 4.98 Å². The molecule has 0 spiro atoms. The molecule has 3 aromatic carbocycles. The van der Waals surface area contributed by atoms with Crippen LogP contribution in [0.4, 0.5) is 10.1 Å². The molecule has 0 atom stereocenters. The highest BCUT2D eigenvalue weighted by Gasteiger charge is 2.12. The molecule has 0 radical (unpaired) electrons. The number of carbonyl (C=O) groups is 1. The summed E-state index contributed by atoms with van der Waals surface area (Å²) in [5, 5.41) is 3.15. The predicted molar refractivity (Wildman–Crippen MR) is 105 cm³/mol. The quantitative estimate of drug-likeness (QED) is 0.491. The third-order valence-electron chi connectivity index (χ3n) is 4.15. The number of fused-ring (bicyclic) bond motifs is 1. The average molecular weight is 397 g/mol. The molecule has 0 unspecified atom stereocenters. The van der Waals surface area contributed by atoms with Crippen molar-refractivity contribution in [3.63, 3.8) is 0 Å². The number of methoxy groups -OCH3 is 1. The van der Waals surface area contributed by atoms with E-state index in [0.29, 0.717) is 44.6 Å². The first-order valence-corrected chi connectivity index (χ1v) is 8.73. The van der Waals surface area contributed by atoms with Crippen molar-refractivity contribution in [3.05, 3.63) is 77.1 Å². The predicted octanol–water partition coefficient (Wildman–Crippen LogP) is 5.55. The molecule has 140 valence electrons. The van der Waals surface area contributed by atoms with Crippen molar-refractivity contribution in [1.29, 1.82) is 0 Å². The number of rotatable bonds is 4. The summed E-state index contributed by atoms with van der Waals surface area (Å²) in [6, 6.07) is 15.8. The first-order valence-electron chi connectivity index (χ1n) is 8.35. The highest BCUT2D eigenvalue weighted by atomic mass is 35.5. The second kappa shape index (κ2) is 7.32. The monoisotopic (exact) mass is 396 g/mol. The number of halogens is 2. The molecular weight excluding hydrogens is 383 g/mol. The molecule has 0 aliphatic rings. The topological polar surface area (TPSA) is 64.4 Å². The molecule has 28 heavy (non-hydrogen) atoms. The van der Waals surface area contributed by atoms with Gasteiger partial charge in [-0.2, -0.15) is 0 Å². The molecule has 4 aromatic rings. The van der Waals surface area contributed by atoms with Gasteiger partial charge in [0, 0.05) is 16.8 Å². The number of hydrogen-bond donors (Lipinski definition) is 1. The van der Waals surface area contributed by atoms with Crippen LogP contribution in [0.2, 0.25) is 5.02 Å². The summed E-state index contributed by atoms with van der Waals surface area (Å²) < 4.78 is 23.9. The molecule has 0 fully saturated rings. The largest absolute Gasteiger partial charge is 0.495 e. The van der Waals surface area contributed by atoms with E-state index in [2.05, 4.69) is 10.3 Å². The Labute approximate surface area is 164 Å². The van der Waals surface area contributed by atoms with E-state index in [1.165, 1.54) is 25.3 Å². The number of anilines is 1. The van der Waals surface area contributed by atoms with E-state index < -0.39 is 0 Å². The lowest BCUT2D eigenvalue weighted by Crippen LogP contribution is -2.11. The Morgan fingerprint density at radius 1 is 1.11 bits per heavy atom. The lowest BCUT2D eigenvalue weighted by molar-refractivity contribution is 0.102. The van der Waals surface area contributed by atoms with Crippen LogP contribution in [0.3, 0.4) is 0 Å². The van der Waals surface area contributed by atoms with Crippen molar-refractivity contribution < 1.29 is 18.3 Å². The lowest BCUT2D eigenvalue weighted by atomic mass is 10.2. The number of amides is 1. The maximum atomic E-state index is 13.1. The van der Waals surface area contributed by atoms with Gasteiger partial charge in [-0.25, -0.2) is 9.37 Å². The fourth-order valence-electron chi connectivity index (χ4n) is 2.73. The van der Waals surface area contributed by atoms with Gasteiger partial charge in [-0.15, -0.1) is 0 Å². The normalized spacial score (nSPS) is 10.8. The van der Waals surface area contributed by atoms with E-state index in [0.717, 1.165) is 0 Å². The maximum Gasteiger partial charge on any atom is 0.255 e. The number of aromatic nitrogens is 1. The van der Waals surface area contributed by atoms with E-state index in [-0.39, 0.29) is 11.7 Å². The molecule has 1 amide bonds. The van der Waals surface area contributed by atoms with Crippen molar-refractivity contribution in [2.24, 2.45) is 0 Å². The minimum Gasteiger partial charge on any atom is -0.495 e. The molecule has 5 nitrogen and oxygen atoms in total. The molecule has 0 saturated carbocycles. The van der Waals surface area contributed by atoms with Crippen molar-refractivity contribution >= 4 is 34.3 Å². The summed E-state index contributed by atoms with van der Waals surface area (Å²) in [5.41, 5.74) is 2.76. The molecule has 0 bridgehead atoms. The van der Waals surface area contributed by atoms with Gasteiger partial charge in [0.1, 0.15) is 17.1 Å². The molecule has 0 aliphatic heterocycles. The van der Waals surface area contributed by atoms with Crippen LogP contribution in [0.25, 0.3) is 22.6 Å². The molecule has 1 aromatic heterocycles. The molecule has 1 heterocycles. The number of nitrogens with zero attached hydrogens (tertiary/aromatic N) is 1. The van der Waals surface area contributed by atoms with Crippen LogP contribution in [0.5, 0.6) is 5.75 Å². The second-order valence-electron chi connectivity index (χ2n) is 6.01. The van der Waals surface area contributed by atoms with Gasteiger partial charge in [-0.1, -0.05) is 11.6 Å². The van der Waals surface area contributed by atoms with E-state index >= 15 is 0 Å². The molecule has 0 aliphatic carbocycles. The Morgan fingerprint density at radius 2 is 1.89 bits per heavy atom. The Hall–Kier alpha value is -3.38. The van der Waals surface area contributed by atoms with Gasteiger partial charge >= 0.3 is 0 Å². The fourth-order valence-corrected chi connectivity index (χ4v) is 2.99. The molecule has 0 saturated heterocycles. The summed E-state index contributed by atoms with van der Waals surface area (Å²) in [4.78, 5) is 16.9. The van der Waals surface area contributed by atoms with Crippen LogP contribution in [0.1, 0.15) is 10.4 Å². The van der Waals surface area contributed by atoms with E-state index in [1.54, 1.807) is 42.5 Å². The number of carbonyl (C=O) groups excluding carboxylic acids is 1. The molecule has 1 N–H and O–H groups in total. The van der Waals surface area contributed by atoms with E-state index in [4.69, 9.17) is 20.8 Å². The third kappa shape index (κ3) is 3.54. The summed E-state index contributed by atoms with van der Waals surface area (Å²) in [7, 11) is 1.51. The standard InChI is InChI=1S/C21H14ClFN2O3/c1-27-18-8-4-13(10-16(18)22)20(26)24-15-7-9-19-17(11-15)25-21(28-19)12-2-5-14(23)6-3-12/h2-11H,1H3,(H,24,26). The Bertz CT molecular complexity index is 1170. The minimum absolute atomic E-state index is 0.314. The highest BCUT2D eigenvalue weighted by molar-refractivity contribution is 6.32. The zero-order valence-corrected chi connectivity index (χ0v) is 15.5. The Balaban J connectivity index is 1.58. The van der Waals surface area contributed by atoms with Crippen LogP contribution in [-0.4, -0.2) is 18.0 Å². The first-order chi connectivity index (χ1) is 13.5. The molecule has 4 rings (SSSR count). The van der Waals surface area contributed by atoms with Gasteiger partial charge in [0.2, 0.25) is 5.89 Å². The average Bonchev–Trinajstić information content (AvgIpc) is 3.11. The molecular formula is C21H14ClFN2O3. The van der Waals surface area contributed by atoms with E-state index in [1.807, 2.05) is 0 Å². The zero-order chi connectivity index (χ0) is 19.7. The Kier molecular flexibility index (Phi) is 4.71. The van der Waals surface area contributed by atoms with Crippen LogP contribution in [-0.2, 0) is 0 Å². The fraction of sp³-hybridized carbons (Fsp3) is 0.0476. The Morgan fingerprint density at radius 3 is 2.61 bits per heavy atom. The summed E-state index contributed by atoms with van der Waals surface area (Å²) in [6.45, 7) is 0. The van der Waals surface area contributed by atoms with Gasteiger partial charge in [0.15, 0.2) is 5.58 Å². The van der Waals surface area contributed by atoms with Gasteiger partial charge in [-0.3, -0.25) is 4.79 Å². The molecule has 7 heteroatoms. The minimum atomic E-state index is -0.330. The number of ether oxygens (including phenoxy) is 1. The number of nitrogens with one attached hydrogen (secondary N) is 1. The van der Waals surface area contributed by atoms with Crippen LogP contribution >= 0.6 is 11.6 Å². The smallest absolute Gasteiger partial charge is 0.255 e. The third-order valence-corrected chi connectivity index (χ3v) is 4.45. The maximum absolute atomic E-state index is 13.1. The van der Waals surface area contributed by atoms with Crippen LogP contribution < -0.4 is 10.1 Å². The van der Waals surface area contributed by atoms with E-state index in [9.17, 15) is 9.18 Å². The van der Waals surface area contributed by atoms with Crippen LogP contribution in [0, 0.1) is 5.82 Å². The SMILES string of the molecule is COc1ccc(C(=O)Nc2ccc3oc(-c4ccc(F)cc4)nc3c2)cc1Cl. The number of benzene rings is 3. The van der Waals surface area contributed by atoms with Gasteiger partial charge in [-0.05, 0) is 60.7 Å². The van der Waals surface area contributed by atoms with Gasteiger partial charge in [0.25, 0.3) is 5.91 Å². The summed E-state index contributed by atoms with van der Waals surface area (Å²) in [5.74, 6) is 0.227. The van der Waals surface area contributed by atoms with Crippen molar-refractivity contribution in [3.8, 4) is 17.2 Å². The van der Waals surface area contributed by atoms with Gasteiger partial charge in [0.05, 0.1) is 12.1 Å². The van der Waals surface area contributed by atoms with Crippen molar-refractivity contribution in [2.45, 2.75) is 0 Å².